The standard InChI is InChI=1S/C9H11F3N2O3S/c1-5-6(8(15)16)7(18-14-5)13-2-3-17-4-9(10,11)12/h13H,2-4H2,1H3,(H,15,16). The van der Waals surface area contributed by atoms with Crippen LogP contribution in [0.1, 0.15) is 16.1 Å². The fourth-order valence-electron chi connectivity index (χ4n) is 1.17. The number of aryl methyl sites for hydroxylation is 1. The van der Waals surface area contributed by atoms with Crippen molar-refractivity contribution in [3.8, 4) is 0 Å². The van der Waals surface area contributed by atoms with Gasteiger partial charge < -0.3 is 15.2 Å². The molecule has 0 bridgehead atoms. The zero-order valence-corrected chi connectivity index (χ0v) is 10.2. The number of hydrogen-bond donors (Lipinski definition) is 2. The summed E-state index contributed by atoms with van der Waals surface area (Å²) in [6.07, 6.45) is -4.35. The number of anilines is 1. The first kappa shape index (κ1) is 14.7. The van der Waals surface area contributed by atoms with E-state index < -0.39 is 18.8 Å². The van der Waals surface area contributed by atoms with Gasteiger partial charge in [-0.15, -0.1) is 0 Å². The molecule has 0 amide bonds. The Balaban J connectivity index is 2.38. The van der Waals surface area contributed by atoms with Crippen LogP contribution in [0.4, 0.5) is 18.2 Å². The van der Waals surface area contributed by atoms with Gasteiger partial charge >= 0.3 is 12.1 Å². The number of halogens is 3. The minimum atomic E-state index is -4.35. The lowest BCUT2D eigenvalue weighted by Crippen LogP contribution is -2.20. The molecule has 9 heteroatoms. The molecule has 2 N–H and O–H groups in total. The molecule has 1 rings (SSSR count). The lowest BCUT2D eigenvalue weighted by molar-refractivity contribution is -0.172. The molecule has 0 unspecified atom stereocenters. The predicted octanol–water partition coefficient (Wildman–Crippen LogP) is 2.14. The monoisotopic (exact) mass is 284 g/mol. The zero-order chi connectivity index (χ0) is 13.8. The molecule has 0 aliphatic rings. The number of carboxylic acid groups (broad SMARTS) is 1. The van der Waals surface area contributed by atoms with E-state index >= 15 is 0 Å². The van der Waals surface area contributed by atoms with Crippen molar-refractivity contribution in [1.29, 1.82) is 0 Å². The third kappa shape index (κ3) is 4.49. The first-order chi connectivity index (χ1) is 8.31. The third-order valence-corrected chi connectivity index (χ3v) is 2.77. The van der Waals surface area contributed by atoms with E-state index in [1.807, 2.05) is 0 Å². The van der Waals surface area contributed by atoms with Crippen LogP contribution in [0.3, 0.4) is 0 Å². The number of nitrogens with one attached hydrogen (secondary N) is 1. The maximum atomic E-state index is 11.7. The van der Waals surface area contributed by atoms with Crippen LogP contribution in [0.15, 0.2) is 0 Å². The highest BCUT2D eigenvalue weighted by atomic mass is 32.1. The van der Waals surface area contributed by atoms with Gasteiger partial charge in [0.05, 0.1) is 12.3 Å². The number of aromatic nitrogens is 1. The molecule has 18 heavy (non-hydrogen) atoms. The van der Waals surface area contributed by atoms with Crippen LogP contribution >= 0.6 is 11.5 Å². The van der Waals surface area contributed by atoms with Crippen LogP contribution in [0, 0.1) is 6.92 Å². The fourth-order valence-corrected chi connectivity index (χ4v) is 1.98. The minimum absolute atomic E-state index is 0.0378. The first-order valence-electron chi connectivity index (χ1n) is 4.89. The molecular weight excluding hydrogens is 273 g/mol. The average molecular weight is 284 g/mol. The summed E-state index contributed by atoms with van der Waals surface area (Å²) in [6, 6.07) is 0. The van der Waals surface area contributed by atoms with Gasteiger partial charge in [-0.05, 0) is 18.5 Å². The Morgan fingerprint density at radius 3 is 2.78 bits per heavy atom. The van der Waals surface area contributed by atoms with Gasteiger partial charge in [0.25, 0.3) is 0 Å². The van der Waals surface area contributed by atoms with Crippen molar-refractivity contribution >= 4 is 22.5 Å². The Morgan fingerprint density at radius 2 is 2.22 bits per heavy atom. The maximum absolute atomic E-state index is 11.7. The Labute approximate surface area is 105 Å². The summed E-state index contributed by atoms with van der Waals surface area (Å²) >= 11 is 0.948. The second kappa shape index (κ2) is 6.01. The topological polar surface area (TPSA) is 71.5 Å². The SMILES string of the molecule is Cc1nsc(NCCOCC(F)(F)F)c1C(=O)O. The number of hydrogen-bond acceptors (Lipinski definition) is 5. The van der Waals surface area contributed by atoms with Crippen molar-refractivity contribution in [2.45, 2.75) is 13.1 Å². The molecular formula is C9H11F3N2O3S. The van der Waals surface area contributed by atoms with E-state index in [2.05, 4.69) is 14.4 Å². The summed E-state index contributed by atoms with van der Waals surface area (Å²) in [6.45, 7) is 0.140. The molecule has 0 aromatic carbocycles. The molecule has 0 saturated heterocycles. The van der Waals surface area contributed by atoms with Crippen LogP contribution in [-0.4, -0.2) is 41.4 Å². The average Bonchev–Trinajstić information content (AvgIpc) is 2.57. The number of nitrogens with zero attached hydrogens (tertiary/aromatic N) is 1. The predicted molar refractivity (Wildman–Crippen MR) is 59.2 cm³/mol. The Morgan fingerprint density at radius 1 is 1.56 bits per heavy atom. The van der Waals surface area contributed by atoms with Gasteiger partial charge in [-0.25, -0.2) is 4.79 Å². The van der Waals surface area contributed by atoms with Gasteiger partial charge in [-0.2, -0.15) is 17.5 Å². The van der Waals surface area contributed by atoms with E-state index in [-0.39, 0.29) is 18.7 Å². The van der Waals surface area contributed by atoms with Crippen molar-refractivity contribution in [1.82, 2.24) is 4.37 Å². The van der Waals surface area contributed by atoms with E-state index in [1.54, 1.807) is 6.92 Å². The zero-order valence-electron chi connectivity index (χ0n) is 9.37. The quantitative estimate of drug-likeness (QED) is 0.783. The molecule has 1 aromatic rings. The largest absolute Gasteiger partial charge is 0.478 e. The minimum Gasteiger partial charge on any atom is -0.478 e. The van der Waals surface area contributed by atoms with Gasteiger partial charge in [0.1, 0.15) is 17.2 Å². The van der Waals surface area contributed by atoms with Gasteiger partial charge in [-0.1, -0.05) is 0 Å². The highest BCUT2D eigenvalue weighted by molar-refractivity contribution is 7.10. The molecule has 1 heterocycles. The summed E-state index contributed by atoms with van der Waals surface area (Å²) in [7, 11) is 0. The van der Waals surface area contributed by atoms with Crippen molar-refractivity contribution in [2.24, 2.45) is 0 Å². The van der Waals surface area contributed by atoms with Gasteiger partial charge in [0.15, 0.2) is 0 Å². The van der Waals surface area contributed by atoms with E-state index in [0.29, 0.717) is 10.7 Å². The van der Waals surface area contributed by atoms with Crippen molar-refractivity contribution in [3.63, 3.8) is 0 Å². The van der Waals surface area contributed by atoms with Crippen molar-refractivity contribution < 1.29 is 27.8 Å². The number of ether oxygens (including phenoxy) is 1. The van der Waals surface area contributed by atoms with Crippen LogP contribution in [0.5, 0.6) is 0 Å². The number of carbonyl (C=O) groups is 1. The summed E-state index contributed by atoms with van der Waals surface area (Å²) < 4.78 is 43.5. The lowest BCUT2D eigenvalue weighted by Gasteiger charge is -2.08. The highest BCUT2D eigenvalue weighted by Crippen LogP contribution is 2.24. The molecule has 102 valence electrons. The normalized spacial score (nSPS) is 11.6. The van der Waals surface area contributed by atoms with Crippen LogP contribution in [-0.2, 0) is 4.74 Å². The smallest absolute Gasteiger partial charge is 0.411 e. The van der Waals surface area contributed by atoms with E-state index in [9.17, 15) is 18.0 Å². The number of alkyl halides is 3. The molecule has 5 nitrogen and oxygen atoms in total. The van der Waals surface area contributed by atoms with Crippen molar-refractivity contribution in [3.05, 3.63) is 11.3 Å². The third-order valence-electron chi connectivity index (χ3n) is 1.87. The Bertz CT molecular complexity index is 420. The van der Waals surface area contributed by atoms with Crippen LogP contribution in [0.2, 0.25) is 0 Å². The Hall–Kier alpha value is -1.35. The van der Waals surface area contributed by atoms with E-state index in [1.165, 1.54) is 0 Å². The molecule has 1 aromatic heterocycles. The number of rotatable bonds is 6. The van der Waals surface area contributed by atoms with E-state index in [0.717, 1.165) is 11.5 Å². The highest BCUT2D eigenvalue weighted by Gasteiger charge is 2.27. The molecule has 0 radical (unpaired) electrons. The van der Waals surface area contributed by atoms with Crippen LogP contribution < -0.4 is 5.32 Å². The summed E-state index contributed by atoms with van der Waals surface area (Å²) in [5.41, 5.74) is 0.405. The maximum Gasteiger partial charge on any atom is 0.411 e. The number of carboxylic acids is 1. The van der Waals surface area contributed by atoms with Crippen LogP contribution in [0.25, 0.3) is 0 Å². The number of aromatic carboxylic acids is 1. The molecule has 0 aliphatic carbocycles. The fraction of sp³-hybridized carbons (Fsp3) is 0.556. The van der Waals surface area contributed by atoms with E-state index in [4.69, 9.17) is 5.11 Å². The molecule has 0 saturated carbocycles. The second-order valence-electron chi connectivity index (χ2n) is 3.37. The summed E-state index contributed by atoms with van der Waals surface area (Å²) in [5.74, 6) is -1.13. The summed E-state index contributed by atoms with van der Waals surface area (Å²) in [4.78, 5) is 10.9. The Kier molecular flexibility index (Phi) is 4.91. The van der Waals surface area contributed by atoms with Gasteiger partial charge in [-0.3, -0.25) is 0 Å². The van der Waals surface area contributed by atoms with Gasteiger partial charge in [0, 0.05) is 6.54 Å². The molecule has 0 spiro atoms. The lowest BCUT2D eigenvalue weighted by atomic mass is 10.2. The molecule has 0 atom stereocenters. The molecule has 0 aliphatic heterocycles. The second-order valence-corrected chi connectivity index (χ2v) is 4.15. The van der Waals surface area contributed by atoms with Gasteiger partial charge in [0.2, 0.25) is 0 Å². The molecule has 0 fully saturated rings. The van der Waals surface area contributed by atoms with Crippen molar-refractivity contribution in [2.75, 3.05) is 25.1 Å². The first-order valence-corrected chi connectivity index (χ1v) is 5.66. The summed E-state index contributed by atoms with van der Waals surface area (Å²) in [5, 5.41) is 11.9.